The third-order valence-electron chi connectivity index (χ3n) is 7.98. The van der Waals surface area contributed by atoms with E-state index in [-0.39, 0.29) is 0 Å². The number of carboxylic acid groups (broad SMARTS) is 1. The van der Waals surface area contributed by atoms with E-state index < -0.39 is 29.1 Å². The molecule has 3 aromatic rings. The van der Waals surface area contributed by atoms with Gasteiger partial charge in [0.2, 0.25) is 5.79 Å². The van der Waals surface area contributed by atoms with E-state index in [1.165, 1.54) is 11.3 Å². The fourth-order valence-electron chi connectivity index (χ4n) is 5.79. The summed E-state index contributed by atoms with van der Waals surface area (Å²) in [7, 11) is 3.74. The molecule has 12 nitrogen and oxygen atoms in total. The summed E-state index contributed by atoms with van der Waals surface area (Å²) in [5.41, 5.74) is 4.14. The number of allylic oxidation sites excluding steroid dienone is 1. The molecule has 2 amide bonds. The van der Waals surface area contributed by atoms with Gasteiger partial charge in [0.1, 0.15) is 11.6 Å². The number of carbonyl (C=O) groups is 2. The summed E-state index contributed by atoms with van der Waals surface area (Å²) >= 11 is 1.44. The van der Waals surface area contributed by atoms with Crippen molar-refractivity contribution in [2.24, 2.45) is 16.3 Å². The number of aliphatic carboxylic acids is 1. The van der Waals surface area contributed by atoms with Gasteiger partial charge in [-0.2, -0.15) is 5.26 Å². The number of aromatic nitrogens is 2. The molecule has 2 aromatic heterocycles. The highest BCUT2D eigenvalue weighted by Crippen LogP contribution is 2.46. The maximum Gasteiger partial charge on any atom is 0.318 e. The van der Waals surface area contributed by atoms with Crippen molar-refractivity contribution in [3.05, 3.63) is 47.7 Å². The summed E-state index contributed by atoms with van der Waals surface area (Å²) in [6, 6.07) is 7.42. The van der Waals surface area contributed by atoms with Gasteiger partial charge >= 0.3 is 12.0 Å². The highest BCUT2D eigenvalue weighted by molar-refractivity contribution is 7.17. The first-order valence-corrected chi connectivity index (χ1v) is 14.5. The number of nitrogens with one attached hydrogen (secondary N) is 3. The van der Waals surface area contributed by atoms with Crippen molar-refractivity contribution in [2.75, 3.05) is 43.5 Å². The number of urea groups is 1. The third-order valence-corrected chi connectivity index (χ3v) is 8.86. The minimum atomic E-state index is -1.51. The Morgan fingerprint density at radius 1 is 1.33 bits per heavy atom. The molecule has 13 heteroatoms. The van der Waals surface area contributed by atoms with E-state index >= 15 is 0 Å². The molecule has 42 heavy (non-hydrogen) atoms. The van der Waals surface area contributed by atoms with Crippen LogP contribution in [0, 0.1) is 22.7 Å². The highest BCUT2D eigenvalue weighted by atomic mass is 32.1. The number of nitriles is 1. The molecule has 2 aliphatic heterocycles. The number of benzene rings is 1. The number of nitrogens with zero attached hydrogens (tertiary/aromatic N) is 6. The molecule has 0 bridgehead atoms. The standard InChI is InChI=1S/C29H33N9O3S/c1-5-32-27(41)36-29(23-16-31-11-8-28(23,2)26(39)40)35-9-6-12-38(29)18-13-19(25-21(14-18)34-17-42-25)24-20(15-30)22(37(3)4)7-10-33-24/h6-7,9-10,12-14,17,23,31H,5,8,11,16H2,1-4H3,(H,39,40)(H2,32,36,41). The Balaban J connectivity index is 1.75. The third kappa shape index (κ3) is 4.82. The molecule has 4 N–H and O–H groups in total. The number of anilines is 2. The predicted octanol–water partition coefficient (Wildman–Crippen LogP) is 3.37. The largest absolute Gasteiger partial charge is 0.481 e. The van der Waals surface area contributed by atoms with Crippen LogP contribution in [0.3, 0.4) is 0 Å². The summed E-state index contributed by atoms with van der Waals surface area (Å²) in [6.45, 7) is 4.71. The Morgan fingerprint density at radius 3 is 2.86 bits per heavy atom. The summed E-state index contributed by atoms with van der Waals surface area (Å²) in [5, 5.41) is 29.8. The van der Waals surface area contributed by atoms with E-state index in [4.69, 9.17) is 4.99 Å². The number of hydrogen-bond acceptors (Lipinski definition) is 10. The normalized spacial score (nSPS) is 23.4. The number of fused-ring (bicyclic) bond motifs is 1. The quantitative estimate of drug-likeness (QED) is 0.325. The Hall–Kier alpha value is -4.54. The topological polar surface area (TPSA) is 159 Å². The van der Waals surface area contributed by atoms with Gasteiger partial charge in [-0.25, -0.2) is 14.8 Å². The number of carbonyl (C=O) groups excluding carboxylic acids is 1. The Morgan fingerprint density at radius 2 is 2.14 bits per heavy atom. The molecule has 1 aromatic carbocycles. The number of hydrogen-bond donors (Lipinski definition) is 4. The molecule has 1 fully saturated rings. The number of pyridine rings is 1. The number of piperidine rings is 1. The van der Waals surface area contributed by atoms with Crippen LogP contribution in [-0.4, -0.2) is 72.8 Å². The SMILES string of the molecule is CCNC(=O)NC1(C2CNCCC2(C)C(=O)O)N=CC=CN1c1cc(-c2nccc(N(C)C)c2C#N)c2scnc2c1. The van der Waals surface area contributed by atoms with Gasteiger partial charge in [-0.3, -0.25) is 15.1 Å². The summed E-state index contributed by atoms with van der Waals surface area (Å²) in [6.07, 6.45) is 7.12. The Labute approximate surface area is 247 Å². The van der Waals surface area contributed by atoms with Crippen molar-refractivity contribution in [1.29, 1.82) is 5.26 Å². The van der Waals surface area contributed by atoms with Crippen molar-refractivity contribution < 1.29 is 14.7 Å². The fraction of sp³-hybridized carbons (Fsp3) is 0.379. The number of carboxylic acids is 1. The zero-order valence-corrected chi connectivity index (χ0v) is 24.7. The molecule has 0 saturated carbocycles. The van der Waals surface area contributed by atoms with Gasteiger partial charge in [0.05, 0.1) is 38.4 Å². The van der Waals surface area contributed by atoms with Crippen molar-refractivity contribution in [3.8, 4) is 17.3 Å². The predicted molar refractivity (Wildman–Crippen MR) is 164 cm³/mol. The van der Waals surface area contributed by atoms with Gasteiger partial charge in [-0.05, 0) is 51.1 Å². The van der Waals surface area contributed by atoms with Gasteiger partial charge in [0, 0.05) is 57.0 Å². The van der Waals surface area contributed by atoms with Crippen LogP contribution >= 0.6 is 11.3 Å². The average Bonchev–Trinajstić information content (AvgIpc) is 3.45. The maximum absolute atomic E-state index is 13.2. The molecule has 3 atom stereocenters. The lowest BCUT2D eigenvalue weighted by Gasteiger charge is -2.52. The number of rotatable bonds is 7. The van der Waals surface area contributed by atoms with Crippen molar-refractivity contribution in [3.63, 3.8) is 0 Å². The van der Waals surface area contributed by atoms with Crippen molar-refractivity contribution in [1.82, 2.24) is 25.9 Å². The number of thiazole rings is 1. The van der Waals surface area contributed by atoms with Gasteiger partial charge in [0.15, 0.2) is 0 Å². The van der Waals surface area contributed by atoms with Gasteiger partial charge in [-0.15, -0.1) is 11.3 Å². The van der Waals surface area contributed by atoms with Gasteiger partial charge in [-0.1, -0.05) is 0 Å². The monoisotopic (exact) mass is 587 g/mol. The van der Waals surface area contributed by atoms with E-state index in [1.807, 2.05) is 38.1 Å². The van der Waals surface area contributed by atoms with E-state index in [2.05, 4.69) is 32.0 Å². The second-order valence-electron chi connectivity index (χ2n) is 10.7. The minimum absolute atomic E-state index is 0.299. The summed E-state index contributed by atoms with van der Waals surface area (Å²) in [5.74, 6) is -3.15. The molecule has 1 saturated heterocycles. The molecular weight excluding hydrogens is 554 g/mol. The Bertz CT molecular complexity index is 1630. The first-order chi connectivity index (χ1) is 20.2. The average molecular weight is 588 g/mol. The van der Waals surface area contributed by atoms with Gasteiger partial charge < -0.3 is 25.5 Å². The van der Waals surface area contributed by atoms with E-state index in [1.54, 1.807) is 48.1 Å². The van der Waals surface area contributed by atoms with E-state index in [0.717, 1.165) is 10.4 Å². The van der Waals surface area contributed by atoms with Crippen molar-refractivity contribution >= 4 is 51.1 Å². The molecule has 0 radical (unpaired) electrons. The van der Waals surface area contributed by atoms with Gasteiger partial charge in [0.25, 0.3) is 0 Å². The van der Waals surface area contributed by atoms with Crippen LogP contribution in [0.25, 0.3) is 21.5 Å². The lowest BCUT2D eigenvalue weighted by molar-refractivity contribution is -0.155. The van der Waals surface area contributed by atoms with Crippen LogP contribution in [0.2, 0.25) is 0 Å². The Kier molecular flexibility index (Phi) is 7.85. The molecule has 0 spiro atoms. The first-order valence-electron chi connectivity index (χ1n) is 13.6. The minimum Gasteiger partial charge on any atom is -0.481 e. The van der Waals surface area contributed by atoms with Crippen LogP contribution in [0.1, 0.15) is 25.8 Å². The lowest BCUT2D eigenvalue weighted by Crippen LogP contribution is -2.71. The number of amides is 2. The smallest absolute Gasteiger partial charge is 0.318 e. The van der Waals surface area contributed by atoms with Crippen LogP contribution in [0.5, 0.6) is 0 Å². The van der Waals surface area contributed by atoms with E-state index in [9.17, 15) is 20.0 Å². The summed E-state index contributed by atoms with van der Waals surface area (Å²) in [4.78, 5) is 43.6. The van der Waals surface area contributed by atoms with Crippen LogP contribution in [0.4, 0.5) is 16.2 Å². The maximum atomic E-state index is 13.2. The zero-order valence-electron chi connectivity index (χ0n) is 23.9. The second kappa shape index (κ2) is 11.4. The van der Waals surface area contributed by atoms with Crippen LogP contribution in [0.15, 0.2) is 47.2 Å². The molecule has 4 heterocycles. The molecule has 5 rings (SSSR count). The molecule has 3 unspecified atom stereocenters. The van der Waals surface area contributed by atoms with Crippen LogP contribution < -0.4 is 25.8 Å². The highest BCUT2D eigenvalue weighted by Gasteiger charge is 2.57. The van der Waals surface area contributed by atoms with Crippen molar-refractivity contribution in [2.45, 2.75) is 26.1 Å². The lowest BCUT2D eigenvalue weighted by atomic mass is 9.68. The molecule has 218 valence electrons. The summed E-state index contributed by atoms with van der Waals surface area (Å²) < 4.78 is 0.847. The first kappa shape index (κ1) is 29.0. The molecule has 0 aliphatic carbocycles. The molecule has 2 aliphatic rings. The van der Waals surface area contributed by atoms with Crippen LogP contribution in [-0.2, 0) is 4.79 Å². The number of aliphatic imine (C=N–C) groups is 1. The fourth-order valence-corrected chi connectivity index (χ4v) is 6.58. The molecular formula is C29H33N9O3S. The zero-order chi connectivity index (χ0) is 30.1. The van der Waals surface area contributed by atoms with E-state index in [0.29, 0.717) is 54.1 Å². The second-order valence-corrected chi connectivity index (χ2v) is 11.5.